The fourth-order valence-corrected chi connectivity index (χ4v) is 6.15. The Labute approximate surface area is 138 Å². The molecule has 0 aromatic heterocycles. The predicted molar refractivity (Wildman–Crippen MR) is 97.4 cm³/mol. The summed E-state index contributed by atoms with van der Waals surface area (Å²) in [6.07, 6.45) is 0. The van der Waals surface area contributed by atoms with Gasteiger partial charge in [0.25, 0.3) is 0 Å². The molecule has 2 aromatic rings. The van der Waals surface area contributed by atoms with Crippen LogP contribution < -0.4 is 0 Å². The van der Waals surface area contributed by atoms with Crippen molar-refractivity contribution in [2.45, 2.75) is 33.4 Å². The van der Waals surface area contributed by atoms with E-state index in [0.717, 1.165) is 11.5 Å². The molecule has 0 spiro atoms. The van der Waals surface area contributed by atoms with Crippen LogP contribution in [0.15, 0.2) is 68.1 Å². The molecule has 0 aliphatic rings. The first-order valence-electron chi connectivity index (χ1n) is 6.63. The third kappa shape index (κ3) is 4.69. The molecule has 0 amide bonds. The third-order valence-corrected chi connectivity index (χ3v) is 7.17. The molecule has 0 unspecified atom stereocenters. The lowest BCUT2D eigenvalue weighted by atomic mass is 10.4. The Bertz CT molecular complexity index is 490. The van der Waals surface area contributed by atoms with E-state index in [1.54, 1.807) is 0 Å². The zero-order valence-corrected chi connectivity index (χ0v) is 14.9. The van der Waals surface area contributed by atoms with E-state index in [4.69, 9.17) is 0 Å². The summed E-state index contributed by atoms with van der Waals surface area (Å²) in [6.45, 7) is 4.40. The van der Waals surface area contributed by atoms with Gasteiger partial charge in [0.1, 0.15) is 0 Å². The highest BCUT2D eigenvalue weighted by molar-refractivity contribution is 8.76. The Morgan fingerprint density at radius 2 is 0.950 bits per heavy atom. The summed E-state index contributed by atoms with van der Waals surface area (Å²) in [5, 5.41) is 0. The molecule has 0 radical (unpaired) electrons. The van der Waals surface area contributed by atoms with Gasteiger partial charge >= 0.3 is 0 Å². The average Bonchev–Trinajstić information content (AvgIpc) is 2.48. The van der Waals surface area contributed by atoms with Crippen molar-refractivity contribution >= 4 is 45.1 Å². The van der Waals surface area contributed by atoms with Crippen molar-refractivity contribution in [3.8, 4) is 0 Å². The topological polar surface area (TPSA) is 0 Å². The van der Waals surface area contributed by atoms with E-state index in [0.29, 0.717) is 0 Å². The highest BCUT2D eigenvalue weighted by Crippen LogP contribution is 2.44. The minimum Gasteiger partial charge on any atom is -0.125 e. The van der Waals surface area contributed by atoms with E-state index in [2.05, 4.69) is 62.4 Å². The molecule has 0 atom stereocenters. The van der Waals surface area contributed by atoms with Gasteiger partial charge in [-0.2, -0.15) is 0 Å². The maximum atomic E-state index is 2.21. The maximum absolute atomic E-state index is 2.21. The van der Waals surface area contributed by atoms with Crippen LogP contribution in [-0.2, 0) is 0 Å². The van der Waals surface area contributed by atoms with Crippen LogP contribution in [0.2, 0.25) is 0 Å². The maximum Gasteiger partial charge on any atom is 0.0322 e. The Hall–Kier alpha value is -0.160. The van der Waals surface area contributed by atoms with Crippen LogP contribution in [0.1, 0.15) is 13.8 Å². The van der Waals surface area contributed by atoms with Crippen LogP contribution in [-0.4, -0.2) is 11.5 Å². The van der Waals surface area contributed by atoms with Gasteiger partial charge in [-0.15, -0.1) is 23.5 Å². The van der Waals surface area contributed by atoms with Gasteiger partial charge in [0.05, 0.1) is 0 Å². The van der Waals surface area contributed by atoms with Crippen molar-refractivity contribution in [2.24, 2.45) is 0 Å². The summed E-state index contributed by atoms with van der Waals surface area (Å²) in [4.78, 5) is 5.49. The van der Waals surface area contributed by atoms with E-state index >= 15 is 0 Å². The molecule has 0 aliphatic carbocycles. The third-order valence-electron chi connectivity index (χ3n) is 2.52. The largest absolute Gasteiger partial charge is 0.125 e. The van der Waals surface area contributed by atoms with Crippen molar-refractivity contribution in [1.29, 1.82) is 0 Å². The molecule has 0 aliphatic heterocycles. The smallest absolute Gasteiger partial charge is 0.0322 e. The lowest BCUT2D eigenvalue weighted by Gasteiger charge is -2.09. The van der Waals surface area contributed by atoms with Gasteiger partial charge in [-0.25, -0.2) is 0 Å². The Morgan fingerprint density at radius 3 is 1.30 bits per heavy atom. The Morgan fingerprint density at radius 1 is 0.600 bits per heavy atom. The number of thioether (sulfide) groups is 2. The standard InChI is InChI=1S/C16H18S4/c1-3-17-13-9-5-7-11-15(13)19-20-16-12-8-6-10-14(16)18-4-2/h5-12H,3-4H2,1-2H3. The van der Waals surface area contributed by atoms with Crippen LogP contribution in [0.4, 0.5) is 0 Å². The zero-order valence-electron chi connectivity index (χ0n) is 11.7. The van der Waals surface area contributed by atoms with E-state index in [1.807, 2.05) is 45.1 Å². The molecule has 0 saturated heterocycles. The summed E-state index contributed by atoms with van der Waals surface area (Å²) in [5.41, 5.74) is 0. The first-order valence-corrected chi connectivity index (χ1v) is 10.8. The summed E-state index contributed by atoms with van der Waals surface area (Å²) >= 11 is 3.82. The summed E-state index contributed by atoms with van der Waals surface area (Å²) in [6, 6.07) is 17.3. The number of hydrogen-bond donors (Lipinski definition) is 0. The molecule has 20 heavy (non-hydrogen) atoms. The van der Waals surface area contributed by atoms with Crippen molar-refractivity contribution in [3.05, 3.63) is 48.5 Å². The SMILES string of the molecule is CCSc1ccccc1SSc1ccccc1SCC. The molecule has 0 bridgehead atoms. The predicted octanol–water partition coefficient (Wildman–Crippen LogP) is 6.71. The summed E-state index contributed by atoms with van der Waals surface area (Å²) in [5.74, 6) is 2.23. The quantitative estimate of drug-likeness (QED) is 0.406. The van der Waals surface area contributed by atoms with Gasteiger partial charge in [0.2, 0.25) is 0 Å². The van der Waals surface area contributed by atoms with E-state index in [9.17, 15) is 0 Å². The lowest BCUT2D eigenvalue weighted by Crippen LogP contribution is -1.79. The van der Waals surface area contributed by atoms with Crippen molar-refractivity contribution in [1.82, 2.24) is 0 Å². The van der Waals surface area contributed by atoms with Gasteiger partial charge in [-0.1, -0.05) is 59.7 Å². The van der Waals surface area contributed by atoms with Gasteiger partial charge in [0.15, 0.2) is 0 Å². The second-order valence-electron chi connectivity index (χ2n) is 3.93. The minimum absolute atomic E-state index is 1.12. The molecule has 0 N–H and O–H groups in total. The molecule has 0 nitrogen and oxygen atoms in total. The average molecular weight is 339 g/mol. The number of benzene rings is 2. The first kappa shape index (κ1) is 16.2. The lowest BCUT2D eigenvalue weighted by molar-refractivity contribution is 1.24. The van der Waals surface area contributed by atoms with Crippen LogP contribution in [0.25, 0.3) is 0 Å². The molecule has 106 valence electrons. The fourth-order valence-electron chi connectivity index (χ4n) is 1.68. The zero-order chi connectivity index (χ0) is 14.2. The van der Waals surface area contributed by atoms with Gasteiger partial charge < -0.3 is 0 Å². The van der Waals surface area contributed by atoms with Crippen molar-refractivity contribution in [2.75, 3.05) is 11.5 Å². The summed E-state index contributed by atoms with van der Waals surface area (Å²) < 4.78 is 0. The molecular weight excluding hydrogens is 320 g/mol. The molecule has 2 aromatic carbocycles. The molecule has 0 saturated carbocycles. The second kappa shape index (κ2) is 8.98. The molecule has 4 heteroatoms. The highest BCUT2D eigenvalue weighted by Gasteiger charge is 2.06. The summed E-state index contributed by atoms with van der Waals surface area (Å²) in [7, 11) is 3.73. The van der Waals surface area contributed by atoms with Crippen LogP contribution in [0, 0.1) is 0 Å². The molecule has 0 heterocycles. The van der Waals surface area contributed by atoms with Gasteiger partial charge in [-0.3, -0.25) is 0 Å². The van der Waals surface area contributed by atoms with Crippen LogP contribution in [0.3, 0.4) is 0 Å². The van der Waals surface area contributed by atoms with E-state index in [-0.39, 0.29) is 0 Å². The monoisotopic (exact) mass is 338 g/mol. The second-order valence-corrected chi connectivity index (χ2v) is 8.75. The van der Waals surface area contributed by atoms with Gasteiger partial charge in [0, 0.05) is 19.6 Å². The fraction of sp³-hybridized carbons (Fsp3) is 0.250. The molecule has 2 rings (SSSR count). The van der Waals surface area contributed by atoms with E-state index < -0.39 is 0 Å². The number of rotatable bonds is 7. The normalized spacial score (nSPS) is 10.7. The van der Waals surface area contributed by atoms with Crippen molar-refractivity contribution < 1.29 is 0 Å². The Kier molecular flexibility index (Phi) is 7.28. The van der Waals surface area contributed by atoms with E-state index in [1.165, 1.54) is 19.6 Å². The first-order chi connectivity index (χ1) is 9.85. The van der Waals surface area contributed by atoms with Gasteiger partial charge in [-0.05, 0) is 35.8 Å². The number of hydrogen-bond acceptors (Lipinski definition) is 4. The Balaban J connectivity index is 2.09. The molecule has 0 fully saturated rings. The molecular formula is C16H18S4. The minimum atomic E-state index is 1.12. The van der Waals surface area contributed by atoms with Crippen molar-refractivity contribution in [3.63, 3.8) is 0 Å². The highest BCUT2D eigenvalue weighted by atomic mass is 33.1. The van der Waals surface area contributed by atoms with Crippen LogP contribution >= 0.6 is 45.1 Å². The van der Waals surface area contributed by atoms with Crippen LogP contribution in [0.5, 0.6) is 0 Å².